The minimum Gasteiger partial charge on any atom is -0.413 e. The summed E-state index contributed by atoms with van der Waals surface area (Å²) in [7, 11) is 2.17. The van der Waals surface area contributed by atoms with Gasteiger partial charge in [0.05, 0.1) is 6.54 Å². The third-order valence-electron chi connectivity index (χ3n) is 6.58. The zero-order valence-electron chi connectivity index (χ0n) is 21.2. The number of benzene rings is 2. The molecule has 1 saturated heterocycles. The van der Waals surface area contributed by atoms with Crippen LogP contribution in [0.3, 0.4) is 0 Å². The molecule has 0 N–H and O–H groups in total. The van der Waals surface area contributed by atoms with E-state index < -0.39 is 0 Å². The minimum atomic E-state index is 0.0941. The van der Waals surface area contributed by atoms with E-state index in [2.05, 4.69) is 94.3 Å². The van der Waals surface area contributed by atoms with Crippen LogP contribution >= 0.6 is 0 Å². The molecule has 2 aromatic heterocycles. The fourth-order valence-corrected chi connectivity index (χ4v) is 4.29. The SMILES string of the molecule is Cc1nc(-c2nnc(-c3ccc(C(C)(C)C)cc3)o2)nn1Cc1cccc(N2CCN(C)CC2)c1. The van der Waals surface area contributed by atoms with E-state index >= 15 is 0 Å². The molecule has 3 heterocycles. The molecule has 8 heteroatoms. The summed E-state index contributed by atoms with van der Waals surface area (Å²) >= 11 is 0. The van der Waals surface area contributed by atoms with Gasteiger partial charge < -0.3 is 14.2 Å². The molecule has 8 nitrogen and oxygen atoms in total. The maximum Gasteiger partial charge on any atom is 0.287 e. The molecule has 1 aliphatic rings. The first-order valence-corrected chi connectivity index (χ1v) is 12.1. The van der Waals surface area contributed by atoms with Crippen molar-refractivity contribution in [1.29, 1.82) is 0 Å². The Hall–Kier alpha value is -3.52. The molecule has 35 heavy (non-hydrogen) atoms. The minimum absolute atomic E-state index is 0.0941. The van der Waals surface area contributed by atoms with E-state index in [9.17, 15) is 0 Å². The predicted octanol–water partition coefficient (Wildman–Crippen LogP) is 4.40. The van der Waals surface area contributed by atoms with Crippen molar-refractivity contribution in [2.75, 3.05) is 38.1 Å². The third kappa shape index (κ3) is 5.12. The van der Waals surface area contributed by atoms with Gasteiger partial charge in [0.15, 0.2) is 0 Å². The highest BCUT2D eigenvalue weighted by Gasteiger charge is 2.19. The molecule has 0 radical (unpaired) electrons. The summed E-state index contributed by atoms with van der Waals surface area (Å²) in [6.45, 7) is 13.4. The topological polar surface area (TPSA) is 76.1 Å². The Bertz CT molecular complexity index is 1290. The molecule has 0 saturated carbocycles. The van der Waals surface area contributed by atoms with Gasteiger partial charge in [-0.25, -0.2) is 9.67 Å². The van der Waals surface area contributed by atoms with E-state index in [0.29, 0.717) is 24.2 Å². The van der Waals surface area contributed by atoms with E-state index in [1.54, 1.807) is 0 Å². The number of anilines is 1. The van der Waals surface area contributed by atoms with Crippen LogP contribution in [0, 0.1) is 6.92 Å². The third-order valence-corrected chi connectivity index (χ3v) is 6.58. The fraction of sp³-hybridized carbons (Fsp3) is 0.407. The zero-order valence-corrected chi connectivity index (χ0v) is 21.2. The molecule has 1 fully saturated rings. The molecule has 0 aliphatic carbocycles. The Balaban J connectivity index is 1.32. The number of aryl methyl sites for hydroxylation is 1. The Kier molecular flexibility index (Phi) is 6.15. The van der Waals surface area contributed by atoms with Gasteiger partial charge in [-0.05, 0) is 54.8 Å². The number of aromatic nitrogens is 5. The Labute approximate surface area is 206 Å². The second kappa shape index (κ2) is 9.26. The van der Waals surface area contributed by atoms with E-state index in [4.69, 9.17) is 4.42 Å². The second-order valence-corrected chi connectivity index (χ2v) is 10.3. The van der Waals surface area contributed by atoms with Crippen LogP contribution in [0.2, 0.25) is 0 Å². The van der Waals surface area contributed by atoms with Gasteiger partial charge in [-0.2, -0.15) is 0 Å². The molecule has 5 rings (SSSR count). The Morgan fingerprint density at radius 1 is 0.914 bits per heavy atom. The smallest absolute Gasteiger partial charge is 0.287 e. The number of hydrogen-bond donors (Lipinski definition) is 0. The summed E-state index contributed by atoms with van der Waals surface area (Å²) in [6, 6.07) is 16.9. The van der Waals surface area contributed by atoms with Crippen LogP contribution in [0.4, 0.5) is 5.69 Å². The van der Waals surface area contributed by atoms with Gasteiger partial charge in [0.1, 0.15) is 5.82 Å². The average Bonchev–Trinajstić information content (AvgIpc) is 3.47. The highest BCUT2D eigenvalue weighted by Crippen LogP contribution is 2.27. The molecule has 4 aromatic rings. The molecule has 0 spiro atoms. The predicted molar refractivity (Wildman–Crippen MR) is 137 cm³/mol. The van der Waals surface area contributed by atoms with Crippen LogP contribution < -0.4 is 4.90 Å². The number of hydrogen-bond acceptors (Lipinski definition) is 7. The molecule has 2 aromatic carbocycles. The summed E-state index contributed by atoms with van der Waals surface area (Å²) in [5, 5.41) is 13.1. The zero-order chi connectivity index (χ0) is 24.6. The van der Waals surface area contributed by atoms with Crippen molar-refractivity contribution in [2.24, 2.45) is 0 Å². The molecule has 0 atom stereocenters. The Morgan fingerprint density at radius 3 is 2.34 bits per heavy atom. The van der Waals surface area contributed by atoms with E-state index in [0.717, 1.165) is 37.6 Å². The van der Waals surface area contributed by atoms with Gasteiger partial charge in [0, 0.05) is 37.4 Å². The standard InChI is InChI=1S/C27H33N7O/c1-19-28-24(26-30-29-25(35-26)21-9-11-22(12-10-21)27(2,3)4)31-34(19)18-20-7-6-8-23(17-20)33-15-13-32(5)14-16-33/h6-12,17H,13-16,18H2,1-5H3. The van der Waals surface area contributed by atoms with Crippen LogP contribution in [-0.4, -0.2) is 63.1 Å². The largest absolute Gasteiger partial charge is 0.413 e. The molecular weight excluding hydrogens is 438 g/mol. The van der Waals surface area contributed by atoms with Crippen molar-refractivity contribution in [3.8, 4) is 23.2 Å². The molecular formula is C27H33N7O. The first kappa shape index (κ1) is 23.2. The maximum absolute atomic E-state index is 5.94. The summed E-state index contributed by atoms with van der Waals surface area (Å²) in [6.07, 6.45) is 0. The lowest BCUT2D eigenvalue weighted by molar-refractivity contribution is 0.313. The van der Waals surface area contributed by atoms with Gasteiger partial charge in [-0.1, -0.05) is 45.0 Å². The first-order valence-electron chi connectivity index (χ1n) is 12.1. The Morgan fingerprint density at radius 2 is 1.63 bits per heavy atom. The summed E-state index contributed by atoms with van der Waals surface area (Å²) in [5.74, 6) is 2.05. The molecule has 182 valence electrons. The number of piperazine rings is 1. The normalized spacial score (nSPS) is 15.1. The molecule has 1 aliphatic heterocycles. The second-order valence-electron chi connectivity index (χ2n) is 10.3. The van der Waals surface area contributed by atoms with Gasteiger partial charge in [0.25, 0.3) is 5.89 Å². The van der Waals surface area contributed by atoms with Crippen LogP contribution in [0.25, 0.3) is 23.2 Å². The van der Waals surface area contributed by atoms with Crippen molar-refractivity contribution in [3.63, 3.8) is 0 Å². The van der Waals surface area contributed by atoms with Gasteiger partial charge in [0.2, 0.25) is 11.7 Å². The van der Waals surface area contributed by atoms with Crippen molar-refractivity contribution in [1.82, 2.24) is 29.9 Å². The molecule has 0 amide bonds. The van der Waals surface area contributed by atoms with Crippen molar-refractivity contribution in [3.05, 3.63) is 65.5 Å². The maximum atomic E-state index is 5.94. The number of nitrogens with zero attached hydrogens (tertiary/aromatic N) is 7. The van der Waals surface area contributed by atoms with Crippen LogP contribution in [0.15, 0.2) is 52.9 Å². The monoisotopic (exact) mass is 471 g/mol. The lowest BCUT2D eigenvalue weighted by Gasteiger charge is -2.34. The van der Waals surface area contributed by atoms with Crippen molar-refractivity contribution in [2.45, 2.75) is 39.7 Å². The van der Waals surface area contributed by atoms with E-state index in [1.807, 2.05) is 23.7 Å². The van der Waals surface area contributed by atoms with Crippen molar-refractivity contribution >= 4 is 5.69 Å². The van der Waals surface area contributed by atoms with Crippen LogP contribution in [-0.2, 0) is 12.0 Å². The van der Waals surface area contributed by atoms with Crippen molar-refractivity contribution < 1.29 is 4.42 Å². The van der Waals surface area contributed by atoms with Gasteiger partial charge in [-0.3, -0.25) is 0 Å². The lowest BCUT2D eigenvalue weighted by Crippen LogP contribution is -2.44. The summed E-state index contributed by atoms with van der Waals surface area (Å²) in [5.41, 5.74) is 4.68. The fourth-order valence-electron chi connectivity index (χ4n) is 4.29. The molecule has 0 bridgehead atoms. The van der Waals surface area contributed by atoms with E-state index in [1.165, 1.54) is 16.8 Å². The van der Waals surface area contributed by atoms with E-state index in [-0.39, 0.29) is 5.41 Å². The lowest BCUT2D eigenvalue weighted by atomic mass is 9.87. The summed E-state index contributed by atoms with van der Waals surface area (Å²) < 4.78 is 7.83. The first-order chi connectivity index (χ1) is 16.8. The van der Waals surface area contributed by atoms with Crippen LogP contribution in [0.1, 0.15) is 37.7 Å². The quantitative estimate of drug-likeness (QED) is 0.427. The van der Waals surface area contributed by atoms with Gasteiger partial charge >= 0.3 is 0 Å². The van der Waals surface area contributed by atoms with Crippen LogP contribution in [0.5, 0.6) is 0 Å². The number of likely N-dealkylation sites (N-methyl/N-ethyl adjacent to an activating group) is 1. The number of rotatable bonds is 5. The average molecular weight is 472 g/mol. The highest BCUT2D eigenvalue weighted by atomic mass is 16.4. The van der Waals surface area contributed by atoms with Gasteiger partial charge in [-0.15, -0.1) is 15.3 Å². The molecule has 0 unspecified atom stereocenters. The highest BCUT2D eigenvalue weighted by molar-refractivity contribution is 5.55. The summed E-state index contributed by atoms with van der Waals surface area (Å²) in [4.78, 5) is 9.40.